The molecule has 3 heteroatoms. The van der Waals surface area contributed by atoms with Gasteiger partial charge in [-0.15, -0.1) is 0 Å². The number of piperidine rings is 1. The fourth-order valence-corrected chi connectivity index (χ4v) is 3.14. The minimum Gasteiger partial charge on any atom is -0.356 e. The summed E-state index contributed by atoms with van der Waals surface area (Å²) in [6, 6.07) is 2.13. The van der Waals surface area contributed by atoms with Crippen LogP contribution in [-0.4, -0.2) is 18.1 Å². The second kappa shape index (κ2) is 5.91. The van der Waals surface area contributed by atoms with Gasteiger partial charge in [0.05, 0.1) is 0 Å². The molecule has 3 nitrogen and oxygen atoms in total. The first-order valence-electron chi connectivity index (χ1n) is 7.45. The van der Waals surface area contributed by atoms with Crippen LogP contribution in [0.15, 0.2) is 6.07 Å². The normalized spacial score (nSPS) is 17.3. The number of pyridine rings is 1. The number of aromatic nitrogens is 1. The summed E-state index contributed by atoms with van der Waals surface area (Å²) in [6.07, 6.45) is 2.55. The summed E-state index contributed by atoms with van der Waals surface area (Å²) in [5.74, 6) is 2.79. The largest absolute Gasteiger partial charge is 0.356 e. The van der Waals surface area contributed by atoms with Crippen LogP contribution >= 0.6 is 0 Å². The number of rotatable bonds is 3. The van der Waals surface area contributed by atoms with E-state index in [0.717, 1.165) is 36.4 Å². The molecule has 19 heavy (non-hydrogen) atoms. The molecule has 1 saturated heterocycles. The Bertz CT molecular complexity index is 432. The smallest absolute Gasteiger partial charge is 0.133 e. The zero-order chi connectivity index (χ0) is 14.0. The van der Waals surface area contributed by atoms with Gasteiger partial charge in [0.2, 0.25) is 0 Å². The lowest BCUT2D eigenvalue weighted by atomic mass is 9.86. The number of anilines is 1. The Morgan fingerprint density at radius 1 is 1.32 bits per heavy atom. The monoisotopic (exact) mass is 261 g/mol. The molecule has 0 unspecified atom stereocenters. The Labute approximate surface area is 117 Å². The van der Waals surface area contributed by atoms with E-state index in [4.69, 9.17) is 10.7 Å². The lowest BCUT2D eigenvalue weighted by molar-refractivity contribution is 0.310. The Morgan fingerprint density at radius 2 is 1.95 bits per heavy atom. The Kier molecular flexibility index (Phi) is 4.46. The lowest BCUT2D eigenvalue weighted by Crippen LogP contribution is -2.36. The van der Waals surface area contributed by atoms with Crippen molar-refractivity contribution in [3.63, 3.8) is 0 Å². The molecular weight excluding hydrogens is 234 g/mol. The molecule has 1 aromatic heterocycles. The second-order valence-electron chi connectivity index (χ2n) is 6.16. The van der Waals surface area contributed by atoms with Crippen molar-refractivity contribution in [2.75, 3.05) is 18.0 Å². The number of hydrogen-bond acceptors (Lipinski definition) is 3. The molecule has 0 spiro atoms. The van der Waals surface area contributed by atoms with Crippen molar-refractivity contribution in [2.24, 2.45) is 17.6 Å². The van der Waals surface area contributed by atoms with Crippen molar-refractivity contribution in [2.45, 2.75) is 47.1 Å². The molecule has 1 aliphatic heterocycles. The third-order valence-corrected chi connectivity index (χ3v) is 4.44. The molecule has 0 saturated carbocycles. The van der Waals surface area contributed by atoms with E-state index in [0.29, 0.717) is 6.54 Å². The van der Waals surface area contributed by atoms with E-state index in [1.807, 2.05) is 0 Å². The van der Waals surface area contributed by atoms with Crippen LogP contribution in [0.3, 0.4) is 0 Å². The lowest BCUT2D eigenvalue weighted by Gasteiger charge is -2.35. The summed E-state index contributed by atoms with van der Waals surface area (Å²) in [5.41, 5.74) is 9.50. The Balaban J connectivity index is 2.19. The highest BCUT2D eigenvalue weighted by Crippen LogP contribution is 2.29. The van der Waals surface area contributed by atoms with Crippen molar-refractivity contribution in [3.8, 4) is 0 Å². The summed E-state index contributed by atoms with van der Waals surface area (Å²) < 4.78 is 0. The van der Waals surface area contributed by atoms with Crippen molar-refractivity contribution in [1.82, 2.24) is 4.98 Å². The molecule has 0 atom stereocenters. The predicted octanol–water partition coefficient (Wildman–Crippen LogP) is 3.03. The van der Waals surface area contributed by atoms with Gasteiger partial charge in [-0.3, -0.25) is 0 Å². The zero-order valence-electron chi connectivity index (χ0n) is 12.7. The van der Waals surface area contributed by atoms with Gasteiger partial charge in [0.15, 0.2) is 0 Å². The highest BCUT2D eigenvalue weighted by molar-refractivity contribution is 5.51. The van der Waals surface area contributed by atoms with Crippen molar-refractivity contribution in [1.29, 1.82) is 0 Å². The summed E-state index contributed by atoms with van der Waals surface area (Å²) in [5, 5.41) is 0. The first-order chi connectivity index (χ1) is 9.02. The summed E-state index contributed by atoms with van der Waals surface area (Å²) in [6.45, 7) is 11.7. The van der Waals surface area contributed by atoms with Crippen LogP contribution in [0, 0.1) is 25.7 Å². The van der Waals surface area contributed by atoms with E-state index in [2.05, 4.69) is 38.7 Å². The van der Waals surface area contributed by atoms with E-state index in [1.54, 1.807) is 0 Å². The van der Waals surface area contributed by atoms with Crippen LogP contribution in [0.25, 0.3) is 0 Å². The van der Waals surface area contributed by atoms with Crippen LogP contribution in [0.1, 0.15) is 43.5 Å². The molecular formula is C16H27N3. The van der Waals surface area contributed by atoms with Gasteiger partial charge in [-0.25, -0.2) is 4.98 Å². The van der Waals surface area contributed by atoms with Gasteiger partial charge >= 0.3 is 0 Å². The van der Waals surface area contributed by atoms with Gasteiger partial charge in [0.1, 0.15) is 5.82 Å². The van der Waals surface area contributed by atoms with E-state index in [-0.39, 0.29) is 0 Å². The maximum atomic E-state index is 5.92. The maximum Gasteiger partial charge on any atom is 0.133 e. The van der Waals surface area contributed by atoms with Crippen LogP contribution in [0.4, 0.5) is 5.82 Å². The van der Waals surface area contributed by atoms with Gasteiger partial charge in [-0.1, -0.05) is 13.8 Å². The summed E-state index contributed by atoms with van der Waals surface area (Å²) in [7, 11) is 0. The molecule has 0 bridgehead atoms. The molecule has 0 aliphatic carbocycles. The molecule has 1 fully saturated rings. The van der Waals surface area contributed by atoms with E-state index < -0.39 is 0 Å². The molecule has 0 aromatic carbocycles. The molecule has 2 heterocycles. The van der Waals surface area contributed by atoms with Crippen LogP contribution in [0.5, 0.6) is 0 Å². The van der Waals surface area contributed by atoms with Crippen molar-refractivity contribution in [3.05, 3.63) is 22.9 Å². The molecule has 106 valence electrons. The fourth-order valence-electron chi connectivity index (χ4n) is 3.14. The van der Waals surface area contributed by atoms with Gasteiger partial charge in [0, 0.05) is 30.9 Å². The van der Waals surface area contributed by atoms with Gasteiger partial charge in [0.25, 0.3) is 0 Å². The summed E-state index contributed by atoms with van der Waals surface area (Å²) in [4.78, 5) is 7.18. The molecule has 0 radical (unpaired) electrons. The molecule has 2 rings (SSSR count). The number of hydrogen-bond donors (Lipinski definition) is 1. The Morgan fingerprint density at radius 3 is 2.47 bits per heavy atom. The second-order valence-corrected chi connectivity index (χ2v) is 6.16. The average molecular weight is 261 g/mol. The third kappa shape index (κ3) is 3.08. The SMILES string of the molecule is Cc1cc(C)c(CN)c(N2CCC(C(C)C)CC2)n1. The number of aryl methyl sites for hydroxylation is 2. The standard InChI is InChI=1S/C16H27N3/c1-11(2)14-5-7-19(8-6-14)16-15(10-17)12(3)9-13(4)18-16/h9,11,14H,5-8,10,17H2,1-4H3. The van der Waals surface area contributed by atoms with Crippen molar-refractivity contribution >= 4 is 5.82 Å². The quantitative estimate of drug-likeness (QED) is 0.909. The predicted molar refractivity (Wildman–Crippen MR) is 81.4 cm³/mol. The first-order valence-corrected chi connectivity index (χ1v) is 7.45. The van der Waals surface area contributed by atoms with E-state index >= 15 is 0 Å². The van der Waals surface area contributed by atoms with Gasteiger partial charge in [-0.2, -0.15) is 0 Å². The first kappa shape index (κ1) is 14.3. The number of nitrogens with zero attached hydrogens (tertiary/aromatic N) is 2. The van der Waals surface area contributed by atoms with Gasteiger partial charge < -0.3 is 10.6 Å². The topological polar surface area (TPSA) is 42.1 Å². The minimum atomic E-state index is 0.582. The van der Waals surface area contributed by atoms with Crippen LogP contribution < -0.4 is 10.6 Å². The fraction of sp³-hybridized carbons (Fsp3) is 0.688. The molecule has 2 N–H and O–H groups in total. The minimum absolute atomic E-state index is 0.582. The van der Waals surface area contributed by atoms with Crippen LogP contribution in [-0.2, 0) is 6.54 Å². The van der Waals surface area contributed by atoms with Gasteiger partial charge in [-0.05, 0) is 50.2 Å². The maximum absolute atomic E-state index is 5.92. The molecule has 1 aliphatic rings. The highest BCUT2D eigenvalue weighted by Gasteiger charge is 2.24. The molecule has 1 aromatic rings. The average Bonchev–Trinajstić information content (AvgIpc) is 2.38. The zero-order valence-corrected chi connectivity index (χ0v) is 12.7. The highest BCUT2D eigenvalue weighted by atomic mass is 15.2. The number of nitrogens with two attached hydrogens (primary N) is 1. The Hall–Kier alpha value is -1.09. The third-order valence-electron chi connectivity index (χ3n) is 4.44. The van der Waals surface area contributed by atoms with E-state index in [1.165, 1.54) is 24.0 Å². The van der Waals surface area contributed by atoms with Crippen molar-refractivity contribution < 1.29 is 0 Å². The van der Waals surface area contributed by atoms with E-state index in [9.17, 15) is 0 Å². The molecule has 0 amide bonds. The summed E-state index contributed by atoms with van der Waals surface area (Å²) >= 11 is 0. The van der Waals surface area contributed by atoms with Crippen LogP contribution in [0.2, 0.25) is 0 Å².